The number of allylic oxidation sites excluding steroid dienone is 1. The minimum atomic E-state index is -1.90. The van der Waals surface area contributed by atoms with Gasteiger partial charge in [-0.15, -0.1) is 0 Å². The number of aldehydes is 1. The molecule has 146 valence electrons. The average Bonchev–Trinajstić information content (AvgIpc) is 2.73. The number of hydrogen-bond donors (Lipinski definition) is 1. The first kappa shape index (κ1) is 19.2. The molecule has 2 unspecified atom stereocenters. The smallest absolute Gasteiger partial charge is 0.157 e. The number of nitrogens with zero attached hydrogens (tertiary/aromatic N) is 1. The summed E-state index contributed by atoms with van der Waals surface area (Å²) in [5.41, 5.74) is 4.81. The molecule has 3 aromatic rings. The summed E-state index contributed by atoms with van der Waals surface area (Å²) >= 11 is -1.90. The minimum absolute atomic E-state index is 0.0642. The Hall–Kier alpha value is -3.09. The molecule has 2 atom stereocenters. The van der Waals surface area contributed by atoms with Crippen LogP contribution in [0.2, 0.25) is 0 Å². The van der Waals surface area contributed by atoms with E-state index in [1.165, 1.54) is 0 Å². The summed E-state index contributed by atoms with van der Waals surface area (Å²) in [7, 11) is 0. The molecular weight excluding hydrogens is 386 g/mol. The molecular formula is C23H19NO4S. The Labute approximate surface area is 171 Å². The number of fused-ring (bicyclic) bond motifs is 1. The highest BCUT2D eigenvalue weighted by molar-refractivity contribution is 7.78. The van der Waals surface area contributed by atoms with Gasteiger partial charge in [-0.25, -0.2) is 4.21 Å². The third kappa shape index (κ3) is 3.90. The van der Waals surface area contributed by atoms with Gasteiger partial charge in [-0.05, 0) is 24.6 Å². The van der Waals surface area contributed by atoms with Crippen LogP contribution in [0.15, 0.2) is 66.9 Å². The summed E-state index contributed by atoms with van der Waals surface area (Å²) in [6, 6.07) is 18.6. The van der Waals surface area contributed by atoms with Crippen LogP contribution in [0.5, 0.6) is 5.75 Å². The van der Waals surface area contributed by atoms with Crippen LogP contribution in [0.3, 0.4) is 0 Å². The van der Waals surface area contributed by atoms with Gasteiger partial charge in [0.25, 0.3) is 0 Å². The second-order valence-corrected chi connectivity index (χ2v) is 7.78. The van der Waals surface area contributed by atoms with E-state index in [-0.39, 0.29) is 5.75 Å². The molecule has 0 radical (unpaired) electrons. The van der Waals surface area contributed by atoms with Crippen molar-refractivity contribution < 1.29 is 18.3 Å². The maximum Gasteiger partial charge on any atom is 0.157 e. The number of benzene rings is 2. The van der Waals surface area contributed by atoms with Crippen molar-refractivity contribution in [1.29, 1.82) is 0 Å². The second-order valence-electron chi connectivity index (χ2n) is 6.85. The van der Waals surface area contributed by atoms with Crippen molar-refractivity contribution in [1.82, 2.24) is 4.98 Å². The molecule has 1 aliphatic heterocycles. The predicted molar refractivity (Wildman–Crippen MR) is 113 cm³/mol. The van der Waals surface area contributed by atoms with Crippen LogP contribution in [0.25, 0.3) is 11.3 Å². The standard InChI is InChI=1S/C23H19NO4S/c1-15-6-9-18(12-24-15)22-20(13-25)19-4-2-3-5-21(19)28-23(22)17-10-7-16(8-11-17)14-29(26)27/h2-13,20H,14H2,1H3,(H,26,27). The Balaban J connectivity index is 1.88. The van der Waals surface area contributed by atoms with Crippen LogP contribution in [-0.2, 0) is 21.6 Å². The minimum Gasteiger partial charge on any atom is -0.456 e. The van der Waals surface area contributed by atoms with Crippen molar-refractivity contribution in [3.05, 3.63) is 94.8 Å². The number of para-hydroxylation sites is 1. The number of carbonyl (C=O) groups is 1. The van der Waals surface area contributed by atoms with Crippen LogP contribution in [0.4, 0.5) is 0 Å². The van der Waals surface area contributed by atoms with Gasteiger partial charge >= 0.3 is 0 Å². The Bertz CT molecular complexity index is 1100. The lowest BCUT2D eigenvalue weighted by molar-refractivity contribution is -0.108. The Kier molecular flexibility index (Phi) is 5.38. The maximum atomic E-state index is 12.2. The Morgan fingerprint density at radius 3 is 2.45 bits per heavy atom. The zero-order valence-electron chi connectivity index (χ0n) is 15.7. The van der Waals surface area contributed by atoms with E-state index < -0.39 is 17.0 Å². The van der Waals surface area contributed by atoms with Crippen LogP contribution in [-0.4, -0.2) is 20.0 Å². The van der Waals surface area contributed by atoms with E-state index in [0.29, 0.717) is 11.5 Å². The third-order valence-corrected chi connectivity index (χ3v) is 5.47. The molecule has 0 bridgehead atoms. The van der Waals surface area contributed by atoms with Gasteiger partial charge in [0.05, 0.1) is 11.7 Å². The summed E-state index contributed by atoms with van der Waals surface area (Å²) in [5, 5.41) is 0. The van der Waals surface area contributed by atoms with Crippen LogP contribution < -0.4 is 4.74 Å². The lowest BCUT2D eigenvalue weighted by atomic mass is 9.84. The second kappa shape index (κ2) is 8.11. The summed E-state index contributed by atoms with van der Waals surface area (Å²) in [6.07, 6.45) is 2.68. The van der Waals surface area contributed by atoms with Gasteiger partial charge in [0, 0.05) is 34.2 Å². The molecule has 0 fully saturated rings. The fourth-order valence-electron chi connectivity index (χ4n) is 3.48. The molecule has 0 aliphatic carbocycles. The van der Waals surface area contributed by atoms with Gasteiger partial charge in [0.15, 0.2) is 11.1 Å². The van der Waals surface area contributed by atoms with Crippen molar-refractivity contribution in [2.24, 2.45) is 0 Å². The van der Waals surface area contributed by atoms with Crippen LogP contribution >= 0.6 is 0 Å². The first-order chi connectivity index (χ1) is 14.1. The number of carbonyl (C=O) groups excluding carboxylic acids is 1. The summed E-state index contributed by atoms with van der Waals surface area (Å²) in [4.78, 5) is 16.5. The van der Waals surface area contributed by atoms with Crippen molar-refractivity contribution in [2.45, 2.75) is 18.6 Å². The van der Waals surface area contributed by atoms with Crippen molar-refractivity contribution in [3.63, 3.8) is 0 Å². The molecule has 5 nitrogen and oxygen atoms in total. The number of aromatic nitrogens is 1. The van der Waals surface area contributed by atoms with Gasteiger partial charge in [-0.3, -0.25) is 4.98 Å². The quantitative estimate of drug-likeness (QED) is 0.504. The average molecular weight is 405 g/mol. The molecule has 0 spiro atoms. The monoisotopic (exact) mass is 405 g/mol. The zero-order valence-corrected chi connectivity index (χ0v) is 16.6. The molecule has 2 aromatic carbocycles. The summed E-state index contributed by atoms with van der Waals surface area (Å²) < 4.78 is 26.4. The topological polar surface area (TPSA) is 76.5 Å². The van der Waals surface area contributed by atoms with E-state index in [1.807, 2.05) is 55.5 Å². The molecule has 0 saturated carbocycles. The highest BCUT2D eigenvalue weighted by Crippen LogP contribution is 2.45. The first-order valence-corrected chi connectivity index (χ1v) is 10.4. The van der Waals surface area contributed by atoms with E-state index in [9.17, 15) is 9.00 Å². The van der Waals surface area contributed by atoms with E-state index in [0.717, 1.165) is 39.8 Å². The molecule has 2 heterocycles. The number of pyridine rings is 1. The van der Waals surface area contributed by atoms with Crippen LogP contribution in [0.1, 0.15) is 33.9 Å². The van der Waals surface area contributed by atoms with E-state index in [2.05, 4.69) is 4.98 Å². The van der Waals surface area contributed by atoms with Gasteiger partial charge in [-0.1, -0.05) is 48.5 Å². The number of hydrogen-bond acceptors (Lipinski definition) is 4. The molecule has 6 heteroatoms. The van der Waals surface area contributed by atoms with Crippen molar-refractivity contribution >= 4 is 28.7 Å². The maximum absolute atomic E-state index is 12.2. The largest absolute Gasteiger partial charge is 0.456 e. The first-order valence-electron chi connectivity index (χ1n) is 9.13. The van der Waals surface area contributed by atoms with Gasteiger partial charge in [-0.2, -0.15) is 0 Å². The third-order valence-electron chi connectivity index (χ3n) is 4.89. The van der Waals surface area contributed by atoms with Gasteiger partial charge < -0.3 is 14.1 Å². The molecule has 1 aliphatic rings. The highest BCUT2D eigenvalue weighted by atomic mass is 32.2. The number of rotatable bonds is 5. The van der Waals surface area contributed by atoms with Crippen molar-refractivity contribution in [2.75, 3.05) is 0 Å². The normalized spacial score (nSPS) is 16.7. The Morgan fingerprint density at radius 2 is 1.79 bits per heavy atom. The Morgan fingerprint density at radius 1 is 1.07 bits per heavy atom. The van der Waals surface area contributed by atoms with E-state index >= 15 is 0 Å². The number of ether oxygens (including phenoxy) is 1. The highest BCUT2D eigenvalue weighted by Gasteiger charge is 2.31. The molecule has 1 aromatic heterocycles. The molecule has 0 saturated heterocycles. The number of aryl methyl sites for hydroxylation is 1. The fourth-order valence-corrected chi connectivity index (χ4v) is 3.96. The van der Waals surface area contributed by atoms with E-state index in [4.69, 9.17) is 9.29 Å². The zero-order chi connectivity index (χ0) is 20.4. The lowest BCUT2D eigenvalue weighted by Gasteiger charge is -2.28. The predicted octanol–water partition coefficient (Wildman–Crippen LogP) is 4.36. The summed E-state index contributed by atoms with van der Waals surface area (Å²) in [6.45, 7) is 1.91. The lowest BCUT2D eigenvalue weighted by Crippen LogP contribution is -2.16. The van der Waals surface area contributed by atoms with Gasteiger partial charge in [0.2, 0.25) is 0 Å². The van der Waals surface area contributed by atoms with Crippen molar-refractivity contribution in [3.8, 4) is 5.75 Å². The van der Waals surface area contributed by atoms with E-state index in [1.54, 1.807) is 18.3 Å². The fraction of sp³-hybridized carbons (Fsp3) is 0.130. The molecule has 1 N–H and O–H groups in total. The molecule has 0 amide bonds. The molecule has 29 heavy (non-hydrogen) atoms. The summed E-state index contributed by atoms with van der Waals surface area (Å²) in [5.74, 6) is 0.811. The van der Waals surface area contributed by atoms with Crippen LogP contribution in [0, 0.1) is 6.92 Å². The van der Waals surface area contributed by atoms with Gasteiger partial charge in [0.1, 0.15) is 17.8 Å². The molecule has 4 rings (SSSR count). The SMILES string of the molecule is Cc1ccc(C2=C(c3ccc(CS(=O)O)cc3)Oc3ccccc3C2C=O)cn1.